The number of nitrogens with one attached hydrogen (secondary N) is 1. The molecule has 0 saturated carbocycles. The molecule has 1 N–H and O–H groups in total. The van der Waals surface area contributed by atoms with Gasteiger partial charge in [-0.2, -0.15) is 13.2 Å². The zero-order chi connectivity index (χ0) is 17.7. The fourth-order valence-corrected chi connectivity index (χ4v) is 1.75. The van der Waals surface area contributed by atoms with E-state index in [0.717, 1.165) is 6.92 Å². The molecule has 0 radical (unpaired) electrons. The van der Waals surface area contributed by atoms with Crippen molar-refractivity contribution in [3.05, 3.63) is 58.6 Å². The van der Waals surface area contributed by atoms with Crippen LogP contribution in [0.5, 0.6) is 0 Å². The van der Waals surface area contributed by atoms with Gasteiger partial charge in [0.15, 0.2) is 0 Å². The van der Waals surface area contributed by atoms with Crippen LogP contribution in [0.1, 0.15) is 28.5 Å². The Morgan fingerprint density at radius 2 is 1.92 bits per heavy atom. The molecule has 0 aromatic carbocycles. The van der Waals surface area contributed by atoms with Gasteiger partial charge >= 0.3 is 6.18 Å². The molecule has 2 aromatic rings. The summed E-state index contributed by atoms with van der Waals surface area (Å²) in [5.74, 6) is 4.74. The van der Waals surface area contributed by atoms with Crippen LogP contribution in [0.4, 0.5) is 13.2 Å². The van der Waals surface area contributed by atoms with Gasteiger partial charge in [0.25, 0.3) is 5.91 Å². The number of hydrogen-bond donors (Lipinski definition) is 1. The maximum atomic E-state index is 12.4. The van der Waals surface area contributed by atoms with Crippen LogP contribution in [0.25, 0.3) is 0 Å². The maximum Gasteiger partial charge on any atom is 0.408 e. The maximum absolute atomic E-state index is 12.4. The quantitative estimate of drug-likeness (QED) is 0.666. The van der Waals surface area contributed by atoms with E-state index in [1.165, 1.54) is 24.5 Å². The number of pyridine rings is 2. The summed E-state index contributed by atoms with van der Waals surface area (Å²) < 4.78 is 37.2. The second-order valence-electron chi connectivity index (χ2n) is 4.79. The van der Waals surface area contributed by atoms with Crippen LogP contribution < -0.4 is 5.32 Å². The summed E-state index contributed by atoms with van der Waals surface area (Å²) >= 11 is 5.74. The van der Waals surface area contributed by atoms with E-state index < -0.39 is 18.1 Å². The van der Waals surface area contributed by atoms with Gasteiger partial charge in [-0.1, -0.05) is 23.4 Å². The van der Waals surface area contributed by atoms with E-state index in [1.807, 2.05) is 5.32 Å². The van der Waals surface area contributed by atoms with Crippen LogP contribution in [0.3, 0.4) is 0 Å². The van der Waals surface area contributed by atoms with Gasteiger partial charge in [0.1, 0.15) is 16.9 Å². The summed E-state index contributed by atoms with van der Waals surface area (Å²) in [5, 5.41) is 2.15. The highest BCUT2D eigenvalue weighted by Crippen LogP contribution is 2.19. The van der Waals surface area contributed by atoms with Gasteiger partial charge in [0.05, 0.1) is 0 Å². The van der Waals surface area contributed by atoms with Gasteiger partial charge in [-0.25, -0.2) is 9.97 Å². The molecule has 124 valence electrons. The molecule has 0 fully saturated rings. The molecule has 1 amide bonds. The lowest BCUT2D eigenvalue weighted by molar-refractivity contribution is -0.149. The third kappa shape index (κ3) is 4.96. The number of hydrogen-bond acceptors (Lipinski definition) is 3. The van der Waals surface area contributed by atoms with Crippen LogP contribution in [-0.4, -0.2) is 28.1 Å². The number of nitrogens with zero attached hydrogens (tertiary/aromatic N) is 2. The van der Waals surface area contributed by atoms with Gasteiger partial charge < -0.3 is 5.32 Å². The zero-order valence-electron chi connectivity index (χ0n) is 12.4. The van der Waals surface area contributed by atoms with Gasteiger partial charge in [-0.05, 0) is 31.2 Å². The molecule has 0 bridgehead atoms. The van der Waals surface area contributed by atoms with Gasteiger partial charge in [-0.3, -0.25) is 4.79 Å². The van der Waals surface area contributed by atoms with Gasteiger partial charge in [0, 0.05) is 23.5 Å². The van der Waals surface area contributed by atoms with E-state index in [0.29, 0.717) is 16.3 Å². The molecule has 4 nitrogen and oxygen atoms in total. The SMILES string of the molecule is C[C@@H](NC(=O)c1ccc(C#Cc2ccnc(Cl)c2)cn1)C(F)(F)F. The van der Waals surface area contributed by atoms with E-state index in [4.69, 9.17) is 11.6 Å². The van der Waals surface area contributed by atoms with Gasteiger partial charge in [-0.15, -0.1) is 0 Å². The van der Waals surface area contributed by atoms with Crippen LogP contribution in [0, 0.1) is 11.8 Å². The molecule has 0 saturated heterocycles. The first-order chi connectivity index (χ1) is 11.3. The molecule has 1 atom stereocenters. The van der Waals surface area contributed by atoms with Crippen molar-refractivity contribution in [3.8, 4) is 11.8 Å². The van der Waals surface area contributed by atoms with Crippen molar-refractivity contribution >= 4 is 17.5 Å². The van der Waals surface area contributed by atoms with E-state index in [2.05, 4.69) is 21.8 Å². The number of aromatic nitrogens is 2. The largest absolute Gasteiger partial charge is 0.408 e. The highest BCUT2D eigenvalue weighted by Gasteiger charge is 2.37. The molecule has 0 unspecified atom stereocenters. The summed E-state index contributed by atoms with van der Waals surface area (Å²) in [5.41, 5.74) is 1.03. The summed E-state index contributed by atoms with van der Waals surface area (Å²) in [7, 11) is 0. The second kappa shape index (κ2) is 7.32. The monoisotopic (exact) mass is 353 g/mol. The standard InChI is InChI=1S/C16H11ClF3N3O/c1-10(16(18,19)20)23-15(24)13-5-4-12(9-22-13)3-2-11-6-7-21-14(17)8-11/h4-10H,1H3,(H,23,24)/t10-/m1/s1. The van der Waals surface area contributed by atoms with E-state index in [9.17, 15) is 18.0 Å². The number of alkyl halides is 3. The fraction of sp³-hybridized carbons (Fsp3) is 0.188. The molecule has 2 heterocycles. The first kappa shape index (κ1) is 17.8. The van der Waals surface area contributed by atoms with Crippen LogP contribution >= 0.6 is 11.6 Å². The summed E-state index contributed by atoms with van der Waals surface area (Å²) in [6, 6.07) is 4.11. The summed E-state index contributed by atoms with van der Waals surface area (Å²) in [6.07, 6.45) is -1.68. The Balaban J connectivity index is 2.07. The Kier molecular flexibility index (Phi) is 5.42. The lowest BCUT2D eigenvalue weighted by atomic mass is 10.2. The molecule has 0 aliphatic rings. The highest BCUT2D eigenvalue weighted by molar-refractivity contribution is 6.29. The lowest BCUT2D eigenvalue weighted by Gasteiger charge is -2.16. The zero-order valence-corrected chi connectivity index (χ0v) is 13.1. The first-order valence-corrected chi connectivity index (χ1v) is 7.11. The Labute approximate surface area is 141 Å². The van der Waals surface area contributed by atoms with Crippen molar-refractivity contribution in [3.63, 3.8) is 0 Å². The number of carbonyl (C=O) groups excluding carboxylic acids is 1. The van der Waals surface area contributed by atoms with Crippen LogP contribution in [-0.2, 0) is 0 Å². The fourth-order valence-electron chi connectivity index (χ4n) is 1.58. The molecular formula is C16H11ClF3N3O. The first-order valence-electron chi connectivity index (χ1n) is 6.73. The minimum absolute atomic E-state index is 0.122. The van der Waals surface area contributed by atoms with Crippen molar-refractivity contribution in [2.24, 2.45) is 0 Å². The smallest absolute Gasteiger partial charge is 0.339 e. The Morgan fingerprint density at radius 3 is 2.50 bits per heavy atom. The van der Waals surface area contributed by atoms with Crippen LogP contribution in [0.2, 0.25) is 5.15 Å². The van der Waals surface area contributed by atoms with Crippen molar-refractivity contribution < 1.29 is 18.0 Å². The number of carbonyl (C=O) groups is 1. The third-order valence-electron chi connectivity index (χ3n) is 2.91. The normalized spacial score (nSPS) is 12.0. The molecule has 0 aliphatic heterocycles. The van der Waals surface area contributed by atoms with Crippen LogP contribution in [0.15, 0.2) is 36.7 Å². The average molecular weight is 354 g/mol. The van der Waals surface area contributed by atoms with E-state index in [-0.39, 0.29) is 5.69 Å². The molecule has 24 heavy (non-hydrogen) atoms. The Bertz CT molecular complexity index is 795. The molecule has 8 heteroatoms. The minimum Gasteiger partial charge on any atom is -0.339 e. The van der Waals surface area contributed by atoms with Crippen molar-refractivity contribution in [2.75, 3.05) is 0 Å². The Morgan fingerprint density at radius 1 is 1.21 bits per heavy atom. The van der Waals surface area contributed by atoms with E-state index in [1.54, 1.807) is 12.1 Å². The molecular weight excluding hydrogens is 343 g/mol. The van der Waals surface area contributed by atoms with E-state index >= 15 is 0 Å². The molecule has 2 aromatic heterocycles. The molecule has 2 rings (SSSR count). The number of amides is 1. The van der Waals surface area contributed by atoms with Crippen molar-refractivity contribution in [1.29, 1.82) is 0 Å². The number of halogens is 4. The third-order valence-corrected chi connectivity index (χ3v) is 3.12. The average Bonchev–Trinajstić information content (AvgIpc) is 2.52. The highest BCUT2D eigenvalue weighted by atomic mass is 35.5. The predicted octanol–water partition coefficient (Wildman–Crippen LogP) is 3.21. The summed E-state index contributed by atoms with van der Waals surface area (Å²) in [4.78, 5) is 19.3. The molecule has 0 spiro atoms. The number of rotatable bonds is 2. The van der Waals surface area contributed by atoms with Crippen molar-refractivity contribution in [2.45, 2.75) is 19.1 Å². The molecule has 0 aliphatic carbocycles. The minimum atomic E-state index is -4.51. The predicted molar refractivity (Wildman–Crippen MR) is 82.4 cm³/mol. The van der Waals surface area contributed by atoms with Crippen molar-refractivity contribution in [1.82, 2.24) is 15.3 Å². The second-order valence-corrected chi connectivity index (χ2v) is 5.17. The lowest BCUT2D eigenvalue weighted by Crippen LogP contribution is -2.43. The summed E-state index contributed by atoms with van der Waals surface area (Å²) in [6.45, 7) is 0.859. The Hall–Kier alpha value is -2.59. The van der Waals surface area contributed by atoms with Gasteiger partial charge in [0.2, 0.25) is 0 Å². The topological polar surface area (TPSA) is 54.9 Å².